The van der Waals surface area contributed by atoms with Gasteiger partial charge in [-0.15, -0.1) is 0 Å². The molecule has 38 heavy (non-hydrogen) atoms. The quantitative estimate of drug-likeness (QED) is 0.384. The van der Waals surface area contributed by atoms with Gasteiger partial charge in [0.05, 0.1) is 10.6 Å². The first-order valence-electron chi connectivity index (χ1n) is 12.9. The fourth-order valence-corrected chi connectivity index (χ4v) is 5.86. The lowest BCUT2D eigenvalue weighted by Gasteiger charge is -2.33. The van der Waals surface area contributed by atoms with Gasteiger partial charge in [-0.05, 0) is 69.0 Å². The zero-order valence-corrected chi connectivity index (χ0v) is 23.6. The van der Waals surface area contributed by atoms with Crippen LogP contribution in [0.25, 0.3) is 0 Å². The number of aryl methyl sites for hydroxylation is 3. The molecule has 0 saturated heterocycles. The van der Waals surface area contributed by atoms with E-state index in [1.165, 1.54) is 4.90 Å². The first-order valence-corrected chi connectivity index (χ1v) is 14.3. The van der Waals surface area contributed by atoms with Crippen molar-refractivity contribution in [3.8, 4) is 0 Å². The van der Waals surface area contributed by atoms with Crippen LogP contribution in [0.15, 0.2) is 77.7 Å². The summed E-state index contributed by atoms with van der Waals surface area (Å²) in [6.45, 7) is 9.49. The van der Waals surface area contributed by atoms with Gasteiger partial charge in [0.15, 0.2) is 0 Å². The molecule has 3 aromatic carbocycles. The zero-order chi connectivity index (χ0) is 27.9. The lowest BCUT2D eigenvalue weighted by atomic mass is 10.1. The molecule has 0 radical (unpaired) electrons. The summed E-state index contributed by atoms with van der Waals surface area (Å²) >= 11 is 0. The maximum absolute atomic E-state index is 14.0. The molecule has 3 rings (SSSR count). The van der Waals surface area contributed by atoms with Gasteiger partial charge >= 0.3 is 0 Å². The second-order valence-corrected chi connectivity index (χ2v) is 11.2. The summed E-state index contributed by atoms with van der Waals surface area (Å²) in [5.41, 5.74) is 3.95. The van der Waals surface area contributed by atoms with Crippen molar-refractivity contribution in [2.45, 2.75) is 58.5 Å². The maximum atomic E-state index is 14.0. The zero-order valence-electron chi connectivity index (χ0n) is 22.8. The highest BCUT2D eigenvalue weighted by molar-refractivity contribution is 7.92. The average molecular weight is 536 g/mol. The standard InChI is InChI=1S/C30H37N3O4S/c1-6-27(30(35)31-7-2)32(20-25-14-10-8-12-23(25)4)29(34)21-33(28-15-11-9-13-24(28)5)38(36,37)26-18-16-22(3)17-19-26/h8-19,27H,6-7,20-21H2,1-5H3,(H,31,35). The summed E-state index contributed by atoms with van der Waals surface area (Å²) < 4.78 is 29.0. The summed E-state index contributed by atoms with van der Waals surface area (Å²) in [5, 5.41) is 2.82. The number of carbonyl (C=O) groups is 2. The molecule has 0 fully saturated rings. The molecule has 1 N–H and O–H groups in total. The Morgan fingerprint density at radius 2 is 1.45 bits per heavy atom. The van der Waals surface area contributed by atoms with E-state index >= 15 is 0 Å². The predicted octanol–water partition coefficient (Wildman–Crippen LogP) is 4.75. The van der Waals surface area contributed by atoms with Crippen molar-refractivity contribution in [1.29, 1.82) is 0 Å². The van der Waals surface area contributed by atoms with Crippen molar-refractivity contribution in [2.24, 2.45) is 0 Å². The number of amides is 2. The Morgan fingerprint density at radius 3 is 2.03 bits per heavy atom. The van der Waals surface area contributed by atoms with Crippen molar-refractivity contribution in [3.05, 3.63) is 95.1 Å². The van der Waals surface area contributed by atoms with Crippen LogP contribution in [0.2, 0.25) is 0 Å². The van der Waals surface area contributed by atoms with E-state index in [4.69, 9.17) is 0 Å². The van der Waals surface area contributed by atoms with Crippen LogP contribution in [0, 0.1) is 20.8 Å². The third-order valence-corrected chi connectivity index (χ3v) is 8.38. The number of anilines is 1. The largest absolute Gasteiger partial charge is 0.355 e. The molecule has 0 saturated carbocycles. The summed E-state index contributed by atoms with van der Waals surface area (Å²) in [7, 11) is -4.08. The third-order valence-electron chi connectivity index (χ3n) is 6.61. The Hall–Kier alpha value is -3.65. The number of hydrogen-bond donors (Lipinski definition) is 1. The Morgan fingerprint density at radius 1 is 0.842 bits per heavy atom. The smallest absolute Gasteiger partial charge is 0.264 e. The number of benzene rings is 3. The van der Waals surface area contributed by atoms with Gasteiger partial charge < -0.3 is 10.2 Å². The first-order chi connectivity index (χ1) is 18.1. The van der Waals surface area contributed by atoms with Gasteiger partial charge in [0.1, 0.15) is 12.6 Å². The average Bonchev–Trinajstić information content (AvgIpc) is 2.89. The highest BCUT2D eigenvalue weighted by atomic mass is 32.2. The number of likely N-dealkylation sites (N-methyl/N-ethyl adjacent to an activating group) is 1. The lowest BCUT2D eigenvalue weighted by molar-refractivity contribution is -0.140. The minimum atomic E-state index is -4.08. The van der Waals surface area contributed by atoms with Crippen LogP contribution in [0.5, 0.6) is 0 Å². The number of rotatable bonds is 11. The van der Waals surface area contributed by atoms with Crippen molar-refractivity contribution in [3.63, 3.8) is 0 Å². The van der Waals surface area contributed by atoms with Gasteiger partial charge in [-0.3, -0.25) is 13.9 Å². The molecular weight excluding hydrogens is 498 g/mol. The van der Waals surface area contributed by atoms with Crippen molar-refractivity contribution in [1.82, 2.24) is 10.2 Å². The van der Waals surface area contributed by atoms with Gasteiger partial charge in [0, 0.05) is 13.1 Å². The minimum absolute atomic E-state index is 0.0976. The Bertz CT molecular complexity index is 1370. The Balaban J connectivity index is 2.08. The monoisotopic (exact) mass is 535 g/mol. The summed E-state index contributed by atoms with van der Waals surface area (Å²) in [4.78, 5) is 28.7. The molecule has 1 atom stereocenters. The van der Waals surface area contributed by atoms with Crippen LogP contribution in [0.4, 0.5) is 5.69 Å². The molecule has 0 aliphatic rings. The Labute approximate surface area is 226 Å². The van der Waals surface area contributed by atoms with Gasteiger partial charge in [0.2, 0.25) is 11.8 Å². The van der Waals surface area contributed by atoms with Crippen LogP contribution in [-0.4, -0.2) is 44.3 Å². The van der Waals surface area contributed by atoms with E-state index in [2.05, 4.69) is 5.32 Å². The van der Waals surface area contributed by atoms with E-state index in [0.717, 1.165) is 26.6 Å². The van der Waals surface area contributed by atoms with E-state index < -0.39 is 28.5 Å². The van der Waals surface area contributed by atoms with Crippen LogP contribution in [0.3, 0.4) is 0 Å². The topological polar surface area (TPSA) is 86.8 Å². The number of nitrogens with one attached hydrogen (secondary N) is 1. The van der Waals surface area contributed by atoms with E-state index in [1.54, 1.807) is 36.4 Å². The molecule has 0 heterocycles. The molecule has 0 aliphatic heterocycles. The molecule has 7 nitrogen and oxygen atoms in total. The lowest BCUT2D eigenvalue weighted by Crippen LogP contribution is -2.52. The maximum Gasteiger partial charge on any atom is 0.264 e. The fourth-order valence-electron chi connectivity index (χ4n) is 4.38. The van der Waals surface area contributed by atoms with Crippen LogP contribution in [0.1, 0.15) is 42.5 Å². The van der Waals surface area contributed by atoms with E-state index in [1.807, 2.05) is 71.0 Å². The van der Waals surface area contributed by atoms with Crippen molar-refractivity contribution in [2.75, 3.05) is 17.4 Å². The van der Waals surface area contributed by atoms with E-state index in [0.29, 0.717) is 18.7 Å². The van der Waals surface area contributed by atoms with E-state index in [9.17, 15) is 18.0 Å². The van der Waals surface area contributed by atoms with Gasteiger partial charge in [-0.1, -0.05) is 67.1 Å². The van der Waals surface area contributed by atoms with Crippen LogP contribution >= 0.6 is 0 Å². The van der Waals surface area contributed by atoms with Crippen molar-refractivity contribution >= 4 is 27.5 Å². The second kappa shape index (κ2) is 12.7. The molecular formula is C30H37N3O4S. The van der Waals surface area contributed by atoms with Crippen LogP contribution < -0.4 is 9.62 Å². The molecule has 1 unspecified atom stereocenters. The summed E-state index contributed by atoms with van der Waals surface area (Å²) in [6, 6.07) is 20.6. The number of carbonyl (C=O) groups excluding carboxylic acids is 2. The second-order valence-electron chi connectivity index (χ2n) is 9.38. The minimum Gasteiger partial charge on any atom is -0.355 e. The fraction of sp³-hybridized carbons (Fsp3) is 0.333. The molecule has 3 aromatic rings. The molecule has 0 bridgehead atoms. The van der Waals surface area contributed by atoms with Crippen LogP contribution in [-0.2, 0) is 26.2 Å². The number of sulfonamides is 1. The molecule has 0 spiro atoms. The summed E-state index contributed by atoms with van der Waals surface area (Å²) in [5.74, 6) is -0.717. The SMILES string of the molecule is CCNC(=O)C(CC)N(Cc1ccccc1C)C(=O)CN(c1ccccc1C)S(=O)(=O)c1ccc(C)cc1. The molecule has 0 aliphatic carbocycles. The molecule has 202 valence electrons. The number of para-hydroxylation sites is 1. The number of nitrogens with zero attached hydrogens (tertiary/aromatic N) is 2. The van der Waals surface area contributed by atoms with E-state index in [-0.39, 0.29) is 17.3 Å². The molecule has 0 aromatic heterocycles. The van der Waals surface area contributed by atoms with Gasteiger partial charge in [-0.25, -0.2) is 8.42 Å². The van der Waals surface area contributed by atoms with Crippen molar-refractivity contribution < 1.29 is 18.0 Å². The van der Waals surface area contributed by atoms with Gasteiger partial charge in [-0.2, -0.15) is 0 Å². The molecule has 8 heteroatoms. The predicted molar refractivity (Wildman–Crippen MR) is 151 cm³/mol. The first kappa shape index (κ1) is 28.9. The highest BCUT2D eigenvalue weighted by Crippen LogP contribution is 2.28. The summed E-state index contributed by atoms with van der Waals surface area (Å²) in [6.07, 6.45) is 0.387. The Kier molecular flexibility index (Phi) is 9.69. The van der Waals surface area contributed by atoms with Gasteiger partial charge in [0.25, 0.3) is 10.0 Å². The molecule has 2 amide bonds. The third kappa shape index (κ3) is 6.61. The number of hydrogen-bond acceptors (Lipinski definition) is 4. The normalized spacial score (nSPS) is 12.0. The highest BCUT2D eigenvalue weighted by Gasteiger charge is 2.34.